The summed E-state index contributed by atoms with van der Waals surface area (Å²) in [4.78, 5) is 6.42. The quantitative estimate of drug-likeness (QED) is 0.891. The van der Waals surface area contributed by atoms with Crippen molar-refractivity contribution in [2.24, 2.45) is 0 Å². The summed E-state index contributed by atoms with van der Waals surface area (Å²) >= 11 is 0. The Morgan fingerprint density at radius 2 is 1.82 bits per heavy atom. The largest absolute Gasteiger partial charge is 0.309 e. The Hall–Kier alpha value is -0.360. The van der Waals surface area contributed by atoms with Crippen LogP contribution in [0.3, 0.4) is 0 Å². The van der Waals surface area contributed by atoms with Gasteiger partial charge in [0.25, 0.3) is 0 Å². The molecular formula is C10H21Cl2N5. The van der Waals surface area contributed by atoms with Crippen molar-refractivity contribution in [3.8, 4) is 0 Å². The van der Waals surface area contributed by atoms with Crippen LogP contribution in [0.25, 0.3) is 0 Å². The zero-order chi connectivity index (χ0) is 10.7. The van der Waals surface area contributed by atoms with Gasteiger partial charge in [0, 0.05) is 31.7 Å². The lowest BCUT2D eigenvalue weighted by atomic mass is 10.1. The van der Waals surface area contributed by atoms with Gasteiger partial charge in [-0.3, -0.25) is 9.58 Å². The third-order valence-corrected chi connectivity index (χ3v) is 2.75. The van der Waals surface area contributed by atoms with E-state index in [1.54, 1.807) is 12.7 Å². The lowest BCUT2D eigenvalue weighted by Crippen LogP contribution is -2.54. The van der Waals surface area contributed by atoms with Crippen molar-refractivity contribution in [3.63, 3.8) is 0 Å². The highest BCUT2D eigenvalue weighted by molar-refractivity contribution is 5.85. The molecule has 0 aromatic carbocycles. The van der Waals surface area contributed by atoms with Crippen molar-refractivity contribution in [2.75, 3.05) is 19.6 Å². The molecular weight excluding hydrogens is 261 g/mol. The van der Waals surface area contributed by atoms with Crippen LogP contribution in [0.1, 0.15) is 13.8 Å². The Kier molecular flexibility index (Phi) is 7.70. The SMILES string of the molecule is CC1CN(CCn2cncn2)CC(C)N1.Cl.Cl. The Balaban J connectivity index is 0.00000128. The molecule has 1 fully saturated rings. The summed E-state index contributed by atoms with van der Waals surface area (Å²) in [6.07, 6.45) is 3.36. The topological polar surface area (TPSA) is 46.0 Å². The Morgan fingerprint density at radius 1 is 1.18 bits per heavy atom. The van der Waals surface area contributed by atoms with Gasteiger partial charge in [0.1, 0.15) is 12.7 Å². The number of aromatic nitrogens is 3. The van der Waals surface area contributed by atoms with Gasteiger partial charge in [-0.25, -0.2) is 4.98 Å². The minimum absolute atomic E-state index is 0. The fourth-order valence-electron chi connectivity index (χ4n) is 2.21. The van der Waals surface area contributed by atoms with Crippen LogP contribution in [0.15, 0.2) is 12.7 Å². The van der Waals surface area contributed by atoms with E-state index >= 15 is 0 Å². The summed E-state index contributed by atoms with van der Waals surface area (Å²) in [5.41, 5.74) is 0. The Morgan fingerprint density at radius 3 is 2.35 bits per heavy atom. The summed E-state index contributed by atoms with van der Waals surface area (Å²) in [7, 11) is 0. The van der Waals surface area contributed by atoms with Crippen molar-refractivity contribution in [3.05, 3.63) is 12.7 Å². The zero-order valence-electron chi connectivity index (χ0n) is 10.2. The summed E-state index contributed by atoms with van der Waals surface area (Å²) < 4.78 is 1.89. The molecule has 1 aliphatic rings. The molecule has 0 spiro atoms. The molecule has 0 radical (unpaired) electrons. The molecule has 1 N–H and O–H groups in total. The number of nitrogens with one attached hydrogen (secondary N) is 1. The second kappa shape index (κ2) is 7.87. The van der Waals surface area contributed by atoms with Crippen molar-refractivity contribution in [1.82, 2.24) is 25.0 Å². The van der Waals surface area contributed by atoms with Crippen LogP contribution in [0.5, 0.6) is 0 Å². The van der Waals surface area contributed by atoms with Crippen LogP contribution < -0.4 is 5.32 Å². The molecule has 0 amide bonds. The van der Waals surface area contributed by atoms with Gasteiger partial charge in [0.2, 0.25) is 0 Å². The number of nitrogens with zero attached hydrogens (tertiary/aromatic N) is 4. The molecule has 1 aliphatic heterocycles. The monoisotopic (exact) mass is 281 g/mol. The Labute approximate surface area is 115 Å². The standard InChI is InChI=1S/C10H19N5.2ClH/c1-9-5-14(6-10(2)13-9)3-4-15-8-11-7-12-15;;/h7-10,13H,3-6H2,1-2H3;2*1H. The van der Waals surface area contributed by atoms with Crippen molar-refractivity contribution < 1.29 is 0 Å². The molecule has 2 rings (SSSR count). The normalized spacial score (nSPS) is 24.8. The summed E-state index contributed by atoms with van der Waals surface area (Å²) in [6.45, 7) is 8.70. The zero-order valence-corrected chi connectivity index (χ0v) is 11.9. The van der Waals surface area contributed by atoms with Crippen LogP contribution in [0, 0.1) is 0 Å². The van der Waals surface area contributed by atoms with Gasteiger partial charge < -0.3 is 5.32 Å². The summed E-state index contributed by atoms with van der Waals surface area (Å²) in [5.74, 6) is 0. The van der Waals surface area contributed by atoms with Gasteiger partial charge >= 0.3 is 0 Å². The third kappa shape index (κ3) is 5.21. The Bertz CT molecular complexity index is 283. The number of rotatable bonds is 3. The second-order valence-electron chi connectivity index (χ2n) is 4.39. The molecule has 5 nitrogen and oxygen atoms in total. The van der Waals surface area contributed by atoms with Gasteiger partial charge in [-0.15, -0.1) is 24.8 Å². The smallest absolute Gasteiger partial charge is 0.137 e. The molecule has 100 valence electrons. The van der Waals surface area contributed by atoms with E-state index in [0.29, 0.717) is 12.1 Å². The predicted octanol–water partition coefficient (Wildman–Crippen LogP) is 0.804. The fourth-order valence-corrected chi connectivity index (χ4v) is 2.21. The van der Waals surface area contributed by atoms with Gasteiger partial charge in [0.05, 0.1) is 6.54 Å². The van der Waals surface area contributed by atoms with E-state index in [9.17, 15) is 0 Å². The van der Waals surface area contributed by atoms with E-state index in [1.165, 1.54) is 0 Å². The summed E-state index contributed by atoms with van der Waals surface area (Å²) in [6, 6.07) is 1.17. The third-order valence-electron chi connectivity index (χ3n) is 2.75. The maximum atomic E-state index is 4.10. The molecule has 0 bridgehead atoms. The summed E-state index contributed by atoms with van der Waals surface area (Å²) in [5, 5.41) is 7.63. The van der Waals surface area contributed by atoms with E-state index < -0.39 is 0 Å². The predicted molar refractivity (Wildman–Crippen MR) is 73.0 cm³/mol. The molecule has 17 heavy (non-hydrogen) atoms. The van der Waals surface area contributed by atoms with Gasteiger partial charge in [-0.05, 0) is 13.8 Å². The molecule has 1 aromatic rings. The van der Waals surface area contributed by atoms with Gasteiger partial charge in [-0.1, -0.05) is 0 Å². The van der Waals surface area contributed by atoms with E-state index in [1.807, 2.05) is 4.68 Å². The first-order valence-corrected chi connectivity index (χ1v) is 5.55. The molecule has 0 aliphatic carbocycles. The van der Waals surface area contributed by atoms with Crippen molar-refractivity contribution in [2.45, 2.75) is 32.5 Å². The fraction of sp³-hybridized carbons (Fsp3) is 0.800. The highest BCUT2D eigenvalue weighted by Crippen LogP contribution is 2.03. The average Bonchev–Trinajstić information content (AvgIpc) is 2.65. The highest BCUT2D eigenvalue weighted by Gasteiger charge is 2.20. The molecule has 2 heterocycles. The molecule has 2 atom stereocenters. The first kappa shape index (κ1) is 16.6. The van der Waals surface area contributed by atoms with Crippen LogP contribution in [-0.2, 0) is 6.54 Å². The van der Waals surface area contributed by atoms with Crippen LogP contribution >= 0.6 is 24.8 Å². The first-order valence-electron chi connectivity index (χ1n) is 5.55. The van der Waals surface area contributed by atoms with Crippen molar-refractivity contribution in [1.29, 1.82) is 0 Å². The van der Waals surface area contributed by atoms with Gasteiger partial charge in [0.15, 0.2) is 0 Å². The minimum Gasteiger partial charge on any atom is -0.309 e. The number of hydrogen-bond acceptors (Lipinski definition) is 4. The minimum atomic E-state index is 0. The molecule has 0 saturated carbocycles. The molecule has 7 heteroatoms. The van der Waals surface area contributed by atoms with Crippen LogP contribution in [0.2, 0.25) is 0 Å². The number of piperazine rings is 1. The van der Waals surface area contributed by atoms with E-state index in [-0.39, 0.29) is 24.8 Å². The van der Waals surface area contributed by atoms with E-state index in [4.69, 9.17) is 0 Å². The first-order chi connectivity index (χ1) is 7.24. The maximum Gasteiger partial charge on any atom is 0.137 e. The van der Waals surface area contributed by atoms with Crippen LogP contribution in [-0.4, -0.2) is 51.4 Å². The van der Waals surface area contributed by atoms with Gasteiger partial charge in [-0.2, -0.15) is 5.10 Å². The molecule has 2 unspecified atom stereocenters. The molecule has 1 aromatic heterocycles. The highest BCUT2D eigenvalue weighted by atomic mass is 35.5. The molecule has 1 saturated heterocycles. The number of halogens is 2. The maximum absolute atomic E-state index is 4.10. The lowest BCUT2D eigenvalue weighted by molar-refractivity contribution is 0.166. The van der Waals surface area contributed by atoms with Crippen LogP contribution in [0.4, 0.5) is 0 Å². The number of hydrogen-bond donors (Lipinski definition) is 1. The second-order valence-corrected chi connectivity index (χ2v) is 4.39. The van der Waals surface area contributed by atoms with E-state index in [2.05, 4.69) is 34.1 Å². The van der Waals surface area contributed by atoms with E-state index in [0.717, 1.165) is 26.2 Å². The average molecular weight is 282 g/mol. The van der Waals surface area contributed by atoms with Crippen molar-refractivity contribution >= 4 is 24.8 Å². The lowest BCUT2D eigenvalue weighted by Gasteiger charge is -2.36.